The van der Waals surface area contributed by atoms with Gasteiger partial charge in [0.15, 0.2) is 34.8 Å². The second kappa shape index (κ2) is 8.80. The molecular weight excluding hydrogens is 422 g/mol. The third-order valence-corrected chi connectivity index (χ3v) is 10.9. The lowest BCUT2D eigenvalue weighted by molar-refractivity contribution is -0.142. The van der Waals surface area contributed by atoms with Gasteiger partial charge in [0.25, 0.3) is 0 Å². The zero-order valence-corrected chi connectivity index (χ0v) is 18.3. The number of methoxy groups -OCH3 is 2. The summed E-state index contributed by atoms with van der Waals surface area (Å²) in [6.45, 7) is 0.126. The Bertz CT molecular complexity index is 903. The van der Waals surface area contributed by atoms with Gasteiger partial charge in [0.1, 0.15) is 0 Å². The lowest BCUT2D eigenvalue weighted by Gasteiger charge is -2.39. The molecule has 0 aromatic heterocycles. The fourth-order valence-corrected chi connectivity index (χ4v) is 9.60. The maximum atomic E-state index is 13.3. The maximum Gasteiger partial charge on any atom is 0.324 e. The van der Waals surface area contributed by atoms with Crippen molar-refractivity contribution < 1.29 is 35.9 Å². The summed E-state index contributed by atoms with van der Waals surface area (Å²) in [7, 11) is -3.74. The van der Waals surface area contributed by atoms with Crippen LogP contribution < -0.4 is 0 Å². The Morgan fingerprint density at radius 1 is 0.897 bits per heavy atom. The first kappa shape index (κ1) is 23.3. The van der Waals surface area contributed by atoms with Crippen molar-refractivity contribution >= 4 is 31.6 Å². The molecule has 29 heavy (non-hydrogen) atoms. The zero-order valence-electron chi connectivity index (χ0n) is 16.6. The molecule has 0 amide bonds. The molecule has 1 aromatic rings. The molecule has 1 saturated heterocycles. The summed E-state index contributed by atoms with van der Waals surface area (Å²) in [5.74, 6) is -3.71. The number of hydrogen-bond donors (Lipinski definition) is 0. The van der Waals surface area contributed by atoms with E-state index < -0.39 is 52.6 Å². The van der Waals surface area contributed by atoms with Gasteiger partial charge in [-0.15, -0.1) is 0 Å². The van der Waals surface area contributed by atoms with E-state index in [0.717, 1.165) is 14.2 Å². The maximum absolute atomic E-state index is 13.3. The molecule has 1 fully saturated rings. The number of carbonyl (C=O) groups is 2. The van der Waals surface area contributed by atoms with E-state index in [1.807, 2.05) is 0 Å². The van der Waals surface area contributed by atoms with Crippen LogP contribution in [-0.4, -0.2) is 83.6 Å². The van der Waals surface area contributed by atoms with E-state index in [9.17, 15) is 26.4 Å². The molecule has 0 aliphatic carbocycles. The van der Waals surface area contributed by atoms with Gasteiger partial charge >= 0.3 is 11.9 Å². The molecule has 1 aliphatic rings. The van der Waals surface area contributed by atoms with Crippen LogP contribution in [0.25, 0.3) is 0 Å². The van der Waals surface area contributed by atoms with Crippen LogP contribution in [0, 0.1) is 0 Å². The molecule has 4 atom stereocenters. The standard InChI is InChI=1S/C18H25NO8S2/c1-19(2)11-10-13-28(22,23)15(17(20)26-3)14(12-8-6-5-7-9-12)16(18(21)27-4)29(13,24)25/h5-9,13-16H,10-11H2,1-4H3/t13?,14?,15-,16+. The predicted molar refractivity (Wildman–Crippen MR) is 106 cm³/mol. The lowest BCUT2D eigenvalue weighted by Crippen LogP contribution is -2.60. The highest BCUT2D eigenvalue weighted by molar-refractivity contribution is 8.11. The van der Waals surface area contributed by atoms with Crippen molar-refractivity contribution in [2.24, 2.45) is 0 Å². The third kappa shape index (κ3) is 4.31. The van der Waals surface area contributed by atoms with Gasteiger partial charge in [-0.05, 0) is 32.6 Å². The molecule has 11 heteroatoms. The molecule has 162 valence electrons. The quantitative estimate of drug-likeness (QED) is 0.553. The molecule has 9 nitrogen and oxygen atoms in total. The number of rotatable bonds is 6. The summed E-state index contributed by atoms with van der Waals surface area (Å²) in [6.07, 6.45) is -0.292. The van der Waals surface area contributed by atoms with Gasteiger partial charge in [-0.3, -0.25) is 9.59 Å². The number of esters is 2. The molecule has 0 spiro atoms. The smallest absolute Gasteiger partial charge is 0.324 e. The first-order chi connectivity index (χ1) is 13.5. The van der Waals surface area contributed by atoms with Gasteiger partial charge in [0.05, 0.1) is 14.2 Å². The molecule has 1 heterocycles. The van der Waals surface area contributed by atoms with Crippen LogP contribution in [0.5, 0.6) is 0 Å². The van der Waals surface area contributed by atoms with E-state index in [1.165, 1.54) is 12.1 Å². The highest BCUT2D eigenvalue weighted by Gasteiger charge is 2.63. The Morgan fingerprint density at radius 2 is 1.34 bits per heavy atom. The van der Waals surface area contributed by atoms with Gasteiger partial charge in [-0.2, -0.15) is 0 Å². The van der Waals surface area contributed by atoms with Crippen LogP contribution in [0.2, 0.25) is 0 Å². The van der Waals surface area contributed by atoms with E-state index >= 15 is 0 Å². The first-order valence-electron chi connectivity index (χ1n) is 8.80. The van der Waals surface area contributed by atoms with Crippen molar-refractivity contribution in [3.05, 3.63) is 35.9 Å². The van der Waals surface area contributed by atoms with Crippen molar-refractivity contribution in [1.82, 2.24) is 4.90 Å². The molecule has 2 rings (SSSR count). The summed E-state index contributed by atoms with van der Waals surface area (Å²) < 4.78 is 60.8. The normalized spacial score (nSPS) is 27.9. The van der Waals surface area contributed by atoms with E-state index in [4.69, 9.17) is 9.47 Å². The minimum absolute atomic E-state index is 0.126. The summed E-state index contributed by atoms with van der Waals surface area (Å²) in [5.41, 5.74) is 0.219. The predicted octanol–water partition coefficient (Wildman–Crippen LogP) is -0.0256. The van der Waals surface area contributed by atoms with Crippen molar-refractivity contribution in [3.63, 3.8) is 0 Å². The summed E-state index contributed by atoms with van der Waals surface area (Å²) >= 11 is 0. The van der Waals surface area contributed by atoms with Crippen LogP contribution in [0.3, 0.4) is 0 Å². The summed E-state index contributed by atoms with van der Waals surface area (Å²) in [6, 6.07) is 7.73. The summed E-state index contributed by atoms with van der Waals surface area (Å²) in [4.78, 5) is 26.7. The van der Waals surface area contributed by atoms with E-state index in [-0.39, 0.29) is 18.5 Å². The Balaban J connectivity index is 2.80. The molecule has 1 aliphatic heterocycles. The molecule has 0 N–H and O–H groups in total. The Kier molecular flexibility index (Phi) is 7.07. The number of hydrogen-bond acceptors (Lipinski definition) is 9. The van der Waals surface area contributed by atoms with E-state index in [2.05, 4.69) is 0 Å². The van der Waals surface area contributed by atoms with Crippen LogP contribution >= 0.6 is 0 Å². The van der Waals surface area contributed by atoms with Gasteiger partial charge < -0.3 is 14.4 Å². The Hall–Kier alpha value is -1.98. The topological polar surface area (TPSA) is 124 Å². The van der Waals surface area contributed by atoms with Crippen LogP contribution in [0.1, 0.15) is 17.9 Å². The molecule has 0 bridgehead atoms. The van der Waals surface area contributed by atoms with Gasteiger partial charge in [-0.1, -0.05) is 30.3 Å². The molecule has 1 aromatic carbocycles. The number of benzene rings is 1. The highest BCUT2D eigenvalue weighted by Crippen LogP contribution is 2.43. The highest BCUT2D eigenvalue weighted by atomic mass is 32.3. The molecule has 0 radical (unpaired) electrons. The van der Waals surface area contributed by atoms with Gasteiger partial charge in [0.2, 0.25) is 0 Å². The number of ether oxygens (including phenoxy) is 2. The average molecular weight is 448 g/mol. The van der Waals surface area contributed by atoms with Crippen molar-refractivity contribution in [2.45, 2.75) is 27.4 Å². The SMILES string of the molecule is COC(=O)[C@@H]1C(c2ccccc2)[C@H](C(=O)OC)S(=O)(=O)C(CCN(C)C)S1(=O)=O. The lowest BCUT2D eigenvalue weighted by atomic mass is 9.91. The van der Waals surface area contributed by atoms with Crippen LogP contribution in [0.15, 0.2) is 30.3 Å². The Labute approximate surface area is 170 Å². The zero-order chi connectivity index (χ0) is 22.0. The number of sulfone groups is 2. The third-order valence-electron chi connectivity index (χ3n) is 4.96. The average Bonchev–Trinajstić information content (AvgIpc) is 2.65. The van der Waals surface area contributed by atoms with E-state index in [0.29, 0.717) is 0 Å². The van der Waals surface area contributed by atoms with Crippen LogP contribution in [-0.2, 0) is 38.7 Å². The van der Waals surface area contributed by atoms with Gasteiger partial charge in [0, 0.05) is 5.92 Å². The monoisotopic (exact) mass is 447 g/mol. The van der Waals surface area contributed by atoms with Gasteiger partial charge in [-0.25, -0.2) is 16.8 Å². The van der Waals surface area contributed by atoms with Crippen molar-refractivity contribution in [2.75, 3.05) is 34.9 Å². The molecule has 2 unspecified atom stereocenters. The second-order valence-corrected chi connectivity index (χ2v) is 11.8. The first-order valence-corrected chi connectivity index (χ1v) is 12.0. The number of carbonyl (C=O) groups excluding carboxylic acids is 2. The summed E-state index contributed by atoms with van der Waals surface area (Å²) in [5, 5.41) is -3.70. The molecular formula is C18H25NO8S2. The minimum atomic E-state index is -4.55. The van der Waals surface area contributed by atoms with E-state index in [1.54, 1.807) is 37.2 Å². The molecule has 0 saturated carbocycles. The minimum Gasteiger partial charge on any atom is -0.468 e. The Morgan fingerprint density at radius 3 is 1.72 bits per heavy atom. The van der Waals surface area contributed by atoms with Crippen molar-refractivity contribution in [3.8, 4) is 0 Å². The fourth-order valence-electron chi connectivity index (χ4n) is 3.59. The largest absolute Gasteiger partial charge is 0.468 e. The van der Waals surface area contributed by atoms with Crippen LogP contribution in [0.4, 0.5) is 0 Å². The number of nitrogens with zero attached hydrogens (tertiary/aromatic N) is 1. The second-order valence-electron chi connectivity index (χ2n) is 7.02. The van der Waals surface area contributed by atoms with Crippen molar-refractivity contribution in [1.29, 1.82) is 0 Å². The fraction of sp³-hybridized carbons (Fsp3) is 0.556.